The molecule has 1 amide bonds. The molecule has 0 aromatic heterocycles. The van der Waals surface area contributed by atoms with E-state index in [1.807, 2.05) is 19.1 Å². The molecule has 0 aliphatic carbocycles. The summed E-state index contributed by atoms with van der Waals surface area (Å²) in [7, 11) is 0. The maximum Gasteiger partial charge on any atom is 0.255 e. The highest BCUT2D eigenvalue weighted by atomic mass is 35.5. The molecule has 0 unspecified atom stereocenters. The van der Waals surface area contributed by atoms with Crippen molar-refractivity contribution < 1.29 is 9.90 Å². The lowest BCUT2D eigenvalue weighted by atomic mass is 10.0. The molecule has 0 saturated carbocycles. The molecule has 1 aliphatic rings. The molecular weight excluding hydrogens is 276 g/mol. The lowest BCUT2D eigenvalue weighted by molar-refractivity contribution is 0.0935. The fraction of sp³-hybridized carbons (Fsp3) is 0.133. The maximum absolute atomic E-state index is 12.1. The largest absolute Gasteiger partial charge is 0.506 e. The third kappa shape index (κ3) is 2.08. The van der Waals surface area contributed by atoms with Gasteiger partial charge in [-0.15, -0.1) is 0 Å². The Balaban J connectivity index is 2.00. The molecule has 0 bridgehead atoms. The van der Waals surface area contributed by atoms with E-state index in [1.165, 1.54) is 6.07 Å². The third-order valence-corrected chi connectivity index (χ3v) is 3.69. The summed E-state index contributed by atoms with van der Waals surface area (Å²) >= 11 is 5.91. The maximum atomic E-state index is 12.1. The van der Waals surface area contributed by atoms with Crippen LogP contribution >= 0.6 is 11.6 Å². The molecule has 3 N–H and O–H groups in total. The Bertz CT molecular complexity index is 700. The van der Waals surface area contributed by atoms with Gasteiger partial charge in [0.1, 0.15) is 11.9 Å². The second kappa shape index (κ2) is 4.72. The summed E-state index contributed by atoms with van der Waals surface area (Å²) in [6.07, 6.45) is -0.366. The Labute approximate surface area is 121 Å². The van der Waals surface area contributed by atoms with E-state index in [4.69, 9.17) is 11.6 Å². The molecule has 4 nitrogen and oxygen atoms in total. The first-order valence-corrected chi connectivity index (χ1v) is 6.59. The highest BCUT2D eigenvalue weighted by Crippen LogP contribution is 2.32. The van der Waals surface area contributed by atoms with Gasteiger partial charge in [-0.3, -0.25) is 4.79 Å². The van der Waals surface area contributed by atoms with Gasteiger partial charge in [0.25, 0.3) is 5.91 Å². The number of aryl methyl sites for hydroxylation is 1. The molecule has 5 heteroatoms. The van der Waals surface area contributed by atoms with Gasteiger partial charge in [-0.25, -0.2) is 0 Å². The fourth-order valence-electron chi connectivity index (χ4n) is 2.31. The van der Waals surface area contributed by atoms with Gasteiger partial charge in [0.2, 0.25) is 0 Å². The van der Waals surface area contributed by atoms with Crippen LogP contribution in [-0.2, 0) is 0 Å². The van der Waals surface area contributed by atoms with Gasteiger partial charge in [-0.2, -0.15) is 0 Å². The van der Waals surface area contributed by atoms with Crippen LogP contribution in [0.1, 0.15) is 27.7 Å². The first kappa shape index (κ1) is 12.8. The van der Waals surface area contributed by atoms with E-state index in [1.54, 1.807) is 18.2 Å². The average Bonchev–Trinajstić information content (AvgIpc) is 2.43. The van der Waals surface area contributed by atoms with Crippen LogP contribution in [-0.4, -0.2) is 11.0 Å². The van der Waals surface area contributed by atoms with Gasteiger partial charge in [-0.1, -0.05) is 29.8 Å². The third-order valence-electron chi connectivity index (χ3n) is 3.39. The average molecular weight is 289 g/mol. The highest BCUT2D eigenvalue weighted by molar-refractivity contribution is 6.32. The van der Waals surface area contributed by atoms with Crippen molar-refractivity contribution in [1.82, 2.24) is 5.32 Å². The number of para-hydroxylation sites is 1. The molecule has 2 aromatic carbocycles. The standard InChI is InChI=1S/C15H13ClN2O2/c1-8-3-2-4-10-13(8)17-14(18-15(10)20)9-5-6-12(19)11(16)7-9/h2-7,14,17,19H,1H3,(H,18,20)/t14-/m0/s1. The molecule has 3 rings (SSSR count). The lowest BCUT2D eigenvalue weighted by Gasteiger charge is -2.29. The van der Waals surface area contributed by atoms with Crippen molar-refractivity contribution in [3.8, 4) is 5.75 Å². The zero-order valence-electron chi connectivity index (χ0n) is 10.8. The first-order chi connectivity index (χ1) is 9.56. The van der Waals surface area contributed by atoms with Crippen molar-refractivity contribution in [2.45, 2.75) is 13.1 Å². The molecule has 0 fully saturated rings. The predicted molar refractivity (Wildman–Crippen MR) is 78.1 cm³/mol. The predicted octanol–water partition coefficient (Wildman–Crippen LogP) is 3.21. The summed E-state index contributed by atoms with van der Waals surface area (Å²) < 4.78 is 0. The Morgan fingerprint density at radius 1 is 1.20 bits per heavy atom. The van der Waals surface area contributed by atoms with Crippen LogP contribution in [0.5, 0.6) is 5.75 Å². The minimum absolute atomic E-state index is 0.0223. The summed E-state index contributed by atoms with van der Waals surface area (Å²) in [5.41, 5.74) is 3.25. The number of phenols is 1. The van der Waals surface area contributed by atoms with Crippen LogP contribution in [0, 0.1) is 6.92 Å². The van der Waals surface area contributed by atoms with Crippen molar-refractivity contribution >= 4 is 23.2 Å². The summed E-state index contributed by atoms with van der Waals surface area (Å²) in [6.45, 7) is 1.95. The number of nitrogens with one attached hydrogen (secondary N) is 2. The van der Waals surface area contributed by atoms with E-state index >= 15 is 0 Å². The number of carbonyl (C=O) groups is 1. The van der Waals surface area contributed by atoms with Gasteiger partial charge < -0.3 is 15.7 Å². The number of amides is 1. The molecule has 0 radical (unpaired) electrons. The normalized spacial score (nSPS) is 17.1. The van der Waals surface area contributed by atoms with Gasteiger partial charge in [-0.05, 0) is 36.2 Å². The van der Waals surface area contributed by atoms with Crippen LogP contribution in [0.4, 0.5) is 5.69 Å². The number of hydrogen-bond donors (Lipinski definition) is 3. The smallest absolute Gasteiger partial charge is 0.255 e. The number of anilines is 1. The quantitative estimate of drug-likeness (QED) is 0.755. The molecular formula is C15H13ClN2O2. The molecule has 20 heavy (non-hydrogen) atoms. The van der Waals surface area contributed by atoms with E-state index in [0.29, 0.717) is 5.56 Å². The fourth-order valence-corrected chi connectivity index (χ4v) is 2.50. The van der Waals surface area contributed by atoms with Gasteiger partial charge in [0.15, 0.2) is 0 Å². The topological polar surface area (TPSA) is 61.4 Å². The number of fused-ring (bicyclic) bond motifs is 1. The SMILES string of the molecule is Cc1cccc2c1N[C@H](c1ccc(O)c(Cl)c1)NC2=O. The number of halogens is 1. The number of rotatable bonds is 1. The molecule has 0 saturated heterocycles. The molecule has 1 aliphatic heterocycles. The molecule has 1 atom stereocenters. The van der Waals surface area contributed by atoms with Gasteiger partial charge in [0.05, 0.1) is 16.3 Å². The minimum atomic E-state index is -0.366. The Morgan fingerprint density at radius 2 is 2.00 bits per heavy atom. The van der Waals surface area contributed by atoms with Crippen LogP contribution in [0.3, 0.4) is 0 Å². The second-order valence-electron chi connectivity index (χ2n) is 4.76. The van der Waals surface area contributed by atoms with E-state index in [-0.39, 0.29) is 22.8 Å². The summed E-state index contributed by atoms with van der Waals surface area (Å²) in [5, 5.41) is 15.9. The van der Waals surface area contributed by atoms with Crippen molar-refractivity contribution in [3.63, 3.8) is 0 Å². The van der Waals surface area contributed by atoms with E-state index in [9.17, 15) is 9.90 Å². The number of carbonyl (C=O) groups excluding carboxylic acids is 1. The number of benzene rings is 2. The lowest BCUT2D eigenvalue weighted by Crippen LogP contribution is -2.38. The Kier molecular flexibility index (Phi) is 3.03. The highest BCUT2D eigenvalue weighted by Gasteiger charge is 2.25. The van der Waals surface area contributed by atoms with Crippen LogP contribution in [0.2, 0.25) is 5.02 Å². The Morgan fingerprint density at radius 3 is 2.75 bits per heavy atom. The van der Waals surface area contributed by atoms with E-state index in [2.05, 4.69) is 10.6 Å². The van der Waals surface area contributed by atoms with Crippen LogP contribution in [0.25, 0.3) is 0 Å². The Hall–Kier alpha value is -2.20. The first-order valence-electron chi connectivity index (χ1n) is 6.21. The van der Waals surface area contributed by atoms with E-state index < -0.39 is 0 Å². The molecule has 0 spiro atoms. The number of hydrogen-bond acceptors (Lipinski definition) is 3. The summed E-state index contributed by atoms with van der Waals surface area (Å²) in [6, 6.07) is 10.5. The van der Waals surface area contributed by atoms with E-state index in [0.717, 1.165) is 16.8 Å². The minimum Gasteiger partial charge on any atom is -0.506 e. The molecule has 102 valence electrons. The zero-order valence-corrected chi connectivity index (χ0v) is 11.5. The second-order valence-corrected chi connectivity index (χ2v) is 5.17. The van der Waals surface area contributed by atoms with Crippen molar-refractivity contribution in [1.29, 1.82) is 0 Å². The van der Waals surface area contributed by atoms with Crippen LogP contribution < -0.4 is 10.6 Å². The van der Waals surface area contributed by atoms with Crippen LogP contribution in [0.15, 0.2) is 36.4 Å². The van der Waals surface area contributed by atoms with Crippen molar-refractivity contribution in [3.05, 3.63) is 58.1 Å². The number of aromatic hydroxyl groups is 1. The molecule has 1 heterocycles. The van der Waals surface area contributed by atoms with Gasteiger partial charge >= 0.3 is 0 Å². The summed E-state index contributed by atoms with van der Waals surface area (Å²) in [4.78, 5) is 12.1. The zero-order chi connectivity index (χ0) is 14.3. The number of phenolic OH excluding ortho intramolecular Hbond substituents is 1. The van der Waals surface area contributed by atoms with Crippen molar-refractivity contribution in [2.75, 3.05) is 5.32 Å². The van der Waals surface area contributed by atoms with Crippen molar-refractivity contribution in [2.24, 2.45) is 0 Å². The monoisotopic (exact) mass is 288 g/mol. The molecule has 2 aromatic rings. The summed E-state index contributed by atoms with van der Waals surface area (Å²) in [5.74, 6) is -0.106. The van der Waals surface area contributed by atoms with Gasteiger partial charge in [0, 0.05) is 0 Å².